The molecule has 0 fully saturated rings. The third-order valence-electron chi connectivity index (χ3n) is 3.88. The van der Waals surface area contributed by atoms with E-state index in [2.05, 4.69) is 33.4 Å². The first-order valence-electron chi connectivity index (χ1n) is 7.51. The van der Waals surface area contributed by atoms with Crippen molar-refractivity contribution in [3.8, 4) is 0 Å². The van der Waals surface area contributed by atoms with Crippen LogP contribution >= 0.6 is 27.3 Å². The highest BCUT2D eigenvalue weighted by molar-refractivity contribution is 9.10. The molecule has 4 aromatic rings. The smallest absolute Gasteiger partial charge is 0.233 e. The van der Waals surface area contributed by atoms with E-state index in [1.807, 2.05) is 53.9 Å². The normalized spacial score (nSPS) is 11.0. The fourth-order valence-corrected chi connectivity index (χ4v) is 4.43. The van der Waals surface area contributed by atoms with Crippen molar-refractivity contribution in [3.63, 3.8) is 0 Å². The van der Waals surface area contributed by atoms with E-state index in [1.54, 1.807) is 17.8 Å². The first kappa shape index (κ1) is 15.4. The topological polar surface area (TPSA) is 29.1 Å². The summed E-state index contributed by atoms with van der Waals surface area (Å²) in [5, 5.41) is 8.31. The summed E-state index contributed by atoms with van der Waals surface area (Å²) in [7, 11) is 0. The number of carbonyl (C=O) groups excluding carboxylic acids is 1. The molecule has 2 nitrogen and oxygen atoms in total. The fraction of sp³-hybridized carbons (Fsp3) is 0. The van der Waals surface area contributed by atoms with Crippen LogP contribution in [0.3, 0.4) is 0 Å². The van der Waals surface area contributed by atoms with Crippen LogP contribution in [-0.2, 0) is 4.79 Å². The second kappa shape index (κ2) is 6.38. The molecule has 0 aliphatic rings. The van der Waals surface area contributed by atoms with Crippen LogP contribution in [0.5, 0.6) is 0 Å². The quantitative estimate of drug-likeness (QED) is 0.452. The molecule has 1 radical (unpaired) electrons. The zero-order valence-electron chi connectivity index (χ0n) is 12.6. The number of hydrogen-bond donors (Lipinski definition) is 1. The SMILES string of the molecule is O=C([CH]c1csc2cccc(Br)c12)Nc1ccc2ccccc2c1. The largest absolute Gasteiger partial charge is 0.326 e. The Bertz CT molecular complexity index is 1050. The number of benzene rings is 3. The standard InChI is InChI=1S/C20H13BrNOS/c21-17-6-3-7-18-20(17)15(12-24-18)11-19(23)22-16-9-8-13-4-1-2-5-14(13)10-16/h1-12H,(H,22,23). The predicted octanol–water partition coefficient (Wildman–Crippen LogP) is 6.01. The van der Waals surface area contributed by atoms with Crippen molar-refractivity contribution >= 4 is 59.7 Å². The van der Waals surface area contributed by atoms with Crippen molar-refractivity contribution in [2.24, 2.45) is 0 Å². The van der Waals surface area contributed by atoms with Gasteiger partial charge in [-0.3, -0.25) is 4.79 Å². The summed E-state index contributed by atoms with van der Waals surface area (Å²) in [4.78, 5) is 12.4. The van der Waals surface area contributed by atoms with Crippen molar-refractivity contribution in [1.29, 1.82) is 0 Å². The van der Waals surface area contributed by atoms with Crippen molar-refractivity contribution < 1.29 is 4.79 Å². The van der Waals surface area contributed by atoms with Crippen LogP contribution < -0.4 is 5.32 Å². The van der Waals surface area contributed by atoms with Crippen molar-refractivity contribution in [3.05, 3.63) is 82.5 Å². The molecule has 24 heavy (non-hydrogen) atoms. The molecule has 0 atom stereocenters. The number of rotatable bonds is 3. The molecule has 1 heterocycles. The molecule has 0 aliphatic heterocycles. The average Bonchev–Trinajstić information content (AvgIpc) is 2.99. The highest BCUT2D eigenvalue weighted by Crippen LogP contribution is 2.33. The average molecular weight is 395 g/mol. The van der Waals surface area contributed by atoms with Gasteiger partial charge < -0.3 is 5.32 Å². The summed E-state index contributed by atoms with van der Waals surface area (Å²) in [5.41, 5.74) is 1.73. The Morgan fingerprint density at radius 2 is 1.83 bits per heavy atom. The van der Waals surface area contributed by atoms with Gasteiger partial charge in [0.25, 0.3) is 0 Å². The Hall–Kier alpha value is -2.17. The second-order valence-corrected chi connectivity index (χ2v) is 7.27. The van der Waals surface area contributed by atoms with Gasteiger partial charge in [-0.05, 0) is 46.0 Å². The Morgan fingerprint density at radius 3 is 2.71 bits per heavy atom. The minimum Gasteiger partial charge on any atom is -0.326 e. The van der Waals surface area contributed by atoms with E-state index >= 15 is 0 Å². The Labute approximate surface area is 152 Å². The molecule has 3 aromatic carbocycles. The number of amides is 1. The first-order valence-corrected chi connectivity index (χ1v) is 9.18. The van der Waals surface area contributed by atoms with Crippen LogP contribution in [0.4, 0.5) is 5.69 Å². The number of thiophene rings is 1. The highest BCUT2D eigenvalue weighted by Gasteiger charge is 2.12. The number of hydrogen-bond acceptors (Lipinski definition) is 2. The summed E-state index contributed by atoms with van der Waals surface area (Å²) in [6.07, 6.45) is 1.65. The maximum absolute atomic E-state index is 12.4. The maximum atomic E-state index is 12.4. The molecule has 117 valence electrons. The maximum Gasteiger partial charge on any atom is 0.233 e. The Morgan fingerprint density at radius 1 is 1.00 bits per heavy atom. The molecule has 4 rings (SSSR count). The monoisotopic (exact) mass is 394 g/mol. The van der Waals surface area contributed by atoms with Crippen molar-refractivity contribution in [2.45, 2.75) is 0 Å². The predicted molar refractivity (Wildman–Crippen MR) is 106 cm³/mol. The molecule has 0 unspecified atom stereocenters. The lowest BCUT2D eigenvalue weighted by molar-refractivity contribution is -0.112. The van der Waals surface area contributed by atoms with Gasteiger partial charge in [0.1, 0.15) is 0 Å². The minimum absolute atomic E-state index is 0.124. The Balaban J connectivity index is 1.57. The lowest BCUT2D eigenvalue weighted by atomic mass is 10.1. The van der Waals surface area contributed by atoms with Gasteiger partial charge in [0.15, 0.2) is 0 Å². The van der Waals surface area contributed by atoms with Gasteiger partial charge in [0.05, 0.1) is 6.42 Å². The summed E-state index contributed by atoms with van der Waals surface area (Å²) in [6, 6.07) is 20.1. The van der Waals surface area contributed by atoms with Gasteiger partial charge >= 0.3 is 0 Å². The molecular weight excluding hydrogens is 382 g/mol. The van der Waals surface area contributed by atoms with Gasteiger partial charge in [-0.1, -0.05) is 52.3 Å². The van der Waals surface area contributed by atoms with Gasteiger partial charge in [-0.15, -0.1) is 11.3 Å². The number of carbonyl (C=O) groups is 1. The lowest BCUT2D eigenvalue weighted by Gasteiger charge is -2.06. The fourth-order valence-electron chi connectivity index (χ4n) is 2.76. The van der Waals surface area contributed by atoms with E-state index in [9.17, 15) is 4.79 Å². The third kappa shape index (κ3) is 2.95. The molecule has 1 amide bonds. The van der Waals surface area contributed by atoms with E-state index in [0.717, 1.165) is 36.6 Å². The molecule has 0 saturated carbocycles. The zero-order chi connectivity index (χ0) is 16.5. The van der Waals surface area contributed by atoms with Crippen LogP contribution in [0.25, 0.3) is 20.9 Å². The van der Waals surface area contributed by atoms with E-state index in [1.165, 1.54) is 0 Å². The molecule has 1 N–H and O–H groups in total. The highest BCUT2D eigenvalue weighted by atomic mass is 79.9. The summed E-state index contributed by atoms with van der Waals surface area (Å²) >= 11 is 5.20. The molecule has 0 bridgehead atoms. The van der Waals surface area contributed by atoms with Crippen LogP contribution in [0, 0.1) is 6.42 Å². The van der Waals surface area contributed by atoms with Crippen molar-refractivity contribution in [2.75, 3.05) is 5.32 Å². The summed E-state index contributed by atoms with van der Waals surface area (Å²) in [5.74, 6) is -0.124. The van der Waals surface area contributed by atoms with Crippen LogP contribution in [0.15, 0.2) is 70.5 Å². The van der Waals surface area contributed by atoms with Gasteiger partial charge in [-0.25, -0.2) is 0 Å². The number of halogens is 1. The molecule has 0 saturated heterocycles. The summed E-state index contributed by atoms with van der Waals surface area (Å²) in [6.45, 7) is 0. The lowest BCUT2D eigenvalue weighted by Crippen LogP contribution is -2.12. The third-order valence-corrected chi connectivity index (χ3v) is 5.51. The van der Waals surface area contributed by atoms with Crippen LogP contribution in [-0.4, -0.2) is 5.91 Å². The van der Waals surface area contributed by atoms with Gasteiger partial charge in [0, 0.05) is 20.2 Å². The second-order valence-electron chi connectivity index (χ2n) is 5.50. The summed E-state index contributed by atoms with van der Waals surface area (Å²) < 4.78 is 2.17. The molecule has 4 heteroatoms. The molecular formula is C20H13BrNOS. The zero-order valence-corrected chi connectivity index (χ0v) is 15.0. The van der Waals surface area contributed by atoms with E-state index in [-0.39, 0.29) is 5.91 Å². The van der Waals surface area contributed by atoms with Crippen molar-refractivity contribution in [1.82, 2.24) is 0 Å². The minimum atomic E-state index is -0.124. The molecule has 0 spiro atoms. The number of nitrogens with one attached hydrogen (secondary N) is 1. The molecule has 1 aromatic heterocycles. The van der Waals surface area contributed by atoms with E-state index in [4.69, 9.17) is 0 Å². The first-order chi connectivity index (χ1) is 11.7. The van der Waals surface area contributed by atoms with E-state index in [0.29, 0.717) is 0 Å². The van der Waals surface area contributed by atoms with Crippen LogP contribution in [0.2, 0.25) is 0 Å². The van der Waals surface area contributed by atoms with Crippen LogP contribution in [0.1, 0.15) is 5.56 Å². The number of anilines is 1. The van der Waals surface area contributed by atoms with Gasteiger partial charge in [0.2, 0.25) is 5.91 Å². The Kier molecular flexibility index (Phi) is 4.08. The number of fused-ring (bicyclic) bond motifs is 2. The molecule has 0 aliphatic carbocycles. The van der Waals surface area contributed by atoms with Gasteiger partial charge in [-0.2, -0.15) is 0 Å². The van der Waals surface area contributed by atoms with E-state index < -0.39 is 0 Å².